The molecular weight excluding hydrogens is 267 g/mol. The Morgan fingerprint density at radius 1 is 1.14 bits per heavy atom. The van der Waals surface area contributed by atoms with E-state index in [1.54, 1.807) is 12.3 Å². The second-order valence-electron chi connectivity index (χ2n) is 4.74. The number of hydrogen-bond acceptors (Lipinski definition) is 3. The predicted octanol–water partition coefficient (Wildman–Crippen LogP) is 3.61. The first-order valence-electron chi connectivity index (χ1n) is 7.30. The monoisotopic (exact) mass is 288 g/mol. The lowest BCUT2D eigenvalue weighted by atomic mass is 10.1. The lowest BCUT2D eigenvalue weighted by molar-refractivity contribution is 0.217. The SMILES string of the molecule is CCN(CC)CCOc1ccc(-c2ccccn2)cc1F. The number of aromatic nitrogens is 1. The van der Waals surface area contributed by atoms with Crippen molar-refractivity contribution < 1.29 is 9.13 Å². The largest absolute Gasteiger partial charge is 0.489 e. The van der Waals surface area contributed by atoms with Crippen molar-refractivity contribution in [3.63, 3.8) is 0 Å². The zero-order chi connectivity index (χ0) is 15.1. The maximum Gasteiger partial charge on any atom is 0.165 e. The Kier molecular flexibility index (Phi) is 5.69. The van der Waals surface area contributed by atoms with Gasteiger partial charge in [0, 0.05) is 18.3 Å². The third kappa shape index (κ3) is 4.26. The van der Waals surface area contributed by atoms with E-state index in [4.69, 9.17) is 4.74 Å². The Bertz CT molecular complexity index is 556. The molecule has 0 saturated carbocycles. The van der Waals surface area contributed by atoms with Crippen LogP contribution >= 0.6 is 0 Å². The highest BCUT2D eigenvalue weighted by Crippen LogP contribution is 2.24. The van der Waals surface area contributed by atoms with Gasteiger partial charge in [-0.05, 0) is 43.4 Å². The second kappa shape index (κ2) is 7.74. The number of hydrogen-bond donors (Lipinski definition) is 0. The van der Waals surface area contributed by atoms with Gasteiger partial charge >= 0.3 is 0 Å². The standard InChI is InChI=1S/C17H21FN2O/c1-3-20(4-2)11-12-21-17-9-8-14(13-15(17)18)16-7-5-6-10-19-16/h5-10,13H,3-4,11-12H2,1-2H3. The third-order valence-electron chi connectivity index (χ3n) is 3.45. The number of ether oxygens (including phenoxy) is 1. The minimum Gasteiger partial charge on any atom is -0.489 e. The zero-order valence-corrected chi connectivity index (χ0v) is 12.6. The zero-order valence-electron chi connectivity index (χ0n) is 12.6. The number of likely N-dealkylation sites (N-methyl/N-ethyl adjacent to an activating group) is 1. The van der Waals surface area contributed by atoms with Crippen LogP contribution in [0.3, 0.4) is 0 Å². The molecule has 0 amide bonds. The first-order valence-corrected chi connectivity index (χ1v) is 7.30. The molecule has 0 spiro atoms. The van der Waals surface area contributed by atoms with Gasteiger partial charge in [-0.3, -0.25) is 4.98 Å². The van der Waals surface area contributed by atoms with Crippen LogP contribution in [0.25, 0.3) is 11.3 Å². The Labute approximate surface area is 125 Å². The molecule has 3 nitrogen and oxygen atoms in total. The van der Waals surface area contributed by atoms with Crippen molar-refractivity contribution in [1.82, 2.24) is 9.88 Å². The summed E-state index contributed by atoms with van der Waals surface area (Å²) in [5.41, 5.74) is 1.51. The molecule has 1 heterocycles. The molecule has 0 radical (unpaired) electrons. The van der Waals surface area contributed by atoms with Gasteiger partial charge in [0.25, 0.3) is 0 Å². The lowest BCUT2D eigenvalue weighted by Crippen LogP contribution is -2.28. The van der Waals surface area contributed by atoms with Crippen LogP contribution in [0, 0.1) is 5.82 Å². The maximum absolute atomic E-state index is 14.1. The Morgan fingerprint density at radius 2 is 1.95 bits per heavy atom. The van der Waals surface area contributed by atoms with E-state index in [0.29, 0.717) is 12.4 Å². The van der Waals surface area contributed by atoms with Crippen molar-refractivity contribution in [3.8, 4) is 17.0 Å². The highest BCUT2D eigenvalue weighted by Gasteiger charge is 2.07. The van der Waals surface area contributed by atoms with E-state index < -0.39 is 0 Å². The van der Waals surface area contributed by atoms with Gasteiger partial charge in [-0.1, -0.05) is 19.9 Å². The average Bonchev–Trinajstić information content (AvgIpc) is 2.53. The van der Waals surface area contributed by atoms with Crippen molar-refractivity contribution in [2.45, 2.75) is 13.8 Å². The summed E-state index contributed by atoms with van der Waals surface area (Å²) in [7, 11) is 0. The van der Waals surface area contributed by atoms with Gasteiger partial charge in [0.05, 0.1) is 5.69 Å². The molecule has 2 rings (SSSR count). The summed E-state index contributed by atoms with van der Waals surface area (Å²) in [6.45, 7) is 7.44. The number of pyridine rings is 1. The molecule has 112 valence electrons. The summed E-state index contributed by atoms with van der Waals surface area (Å²) in [5, 5.41) is 0. The fourth-order valence-electron chi connectivity index (χ4n) is 2.14. The van der Waals surface area contributed by atoms with Crippen LogP contribution in [0.15, 0.2) is 42.6 Å². The fourth-order valence-corrected chi connectivity index (χ4v) is 2.14. The first kappa shape index (κ1) is 15.4. The van der Waals surface area contributed by atoms with Gasteiger partial charge in [0.15, 0.2) is 11.6 Å². The van der Waals surface area contributed by atoms with Crippen molar-refractivity contribution in [3.05, 3.63) is 48.4 Å². The minimum absolute atomic E-state index is 0.293. The fraction of sp³-hybridized carbons (Fsp3) is 0.353. The molecule has 2 aromatic rings. The van der Waals surface area contributed by atoms with Crippen LogP contribution in [-0.2, 0) is 0 Å². The molecule has 0 aliphatic rings. The van der Waals surface area contributed by atoms with Crippen LogP contribution in [0.5, 0.6) is 5.75 Å². The van der Waals surface area contributed by atoms with Crippen LogP contribution in [0.2, 0.25) is 0 Å². The summed E-state index contributed by atoms with van der Waals surface area (Å²) < 4.78 is 19.6. The summed E-state index contributed by atoms with van der Waals surface area (Å²) in [4.78, 5) is 6.45. The van der Waals surface area contributed by atoms with Crippen LogP contribution in [-0.4, -0.2) is 36.1 Å². The molecule has 0 atom stereocenters. The molecular formula is C17H21FN2O. The molecule has 0 saturated heterocycles. The molecule has 1 aromatic carbocycles. The predicted molar refractivity (Wildman–Crippen MR) is 82.9 cm³/mol. The molecule has 4 heteroatoms. The van der Waals surface area contributed by atoms with Crippen molar-refractivity contribution in [2.24, 2.45) is 0 Å². The van der Waals surface area contributed by atoms with Gasteiger partial charge < -0.3 is 9.64 Å². The minimum atomic E-state index is -0.349. The number of benzene rings is 1. The maximum atomic E-state index is 14.1. The van der Waals surface area contributed by atoms with Gasteiger partial charge in [0.2, 0.25) is 0 Å². The van der Waals surface area contributed by atoms with Crippen LogP contribution < -0.4 is 4.74 Å². The number of halogens is 1. The molecule has 1 aromatic heterocycles. The molecule has 0 aliphatic carbocycles. The first-order chi connectivity index (χ1) is 10.2. The third-order valence-corrected chi connectivity index (χ3v) is 3.45. The van der Waals surface area contributed by atoms with E-state index in [0.717, 1.165) is 30.9 Å². The number of nitrogens with zero attached hydrogens (tertiary/aromatic N) is 2. The van der Waals surface area contributed by atoms with Crippen molar-refractivity contribution in [2.75, 3.05) is 26.2 Å². The van der Waals surface area contributed by atoms with Gasteiger partial charge in [-0.2, -0.15) is 0 Å². The lowest BCUT2D eigenvalue weighted by Gasteiger charge is -2.18. The smallest absolute Gasteiger partial charge is 0.165 e. The van der Waals surface area contributed by atoms with Crippen LogP contribution in [0.1, 0.15) is 13.8 Å². The number of rotatable bonds is 7. The second-order valence-corrected chi connectivity index (χ2v) is 4.74. The highest BCUT2D eigenvalue weighted by atomic mass is 19.1. The van der Waals surface area contributed by atoms with Gasteiger partial charge in [-0.25, -0.2) is 4.39 Å². The molecule has 21 heavy (non-hydrogen) atoms. The summed E-state index contributed by atoms with van der Waals surface area (Å²) >= 11 is 0. The van der Waals surface area contributed by atoms with E-state index >= 15 is 0 Å². The summed E-state index contributed by atoms with van der Waals surface area (Å²) in [6, 6.07) is 10.5. The van der Waals surface area contributed by atoms with Crippen molar-refractivity contribution in [1.29, 1.82) is 0 Å². The highest BCUT2D eigenvalue weighted by molar-refractivity contribution is 5.60. The molecule has 0 bridgehead atoms. The van der Waals surface area contributed by atoms with E-state index in [1.807, 2.05) is 24.3 Å². The molecule has 0 fully saturated rings. The quantitative estimate of drug-likeness (QED) is 0.778. The summed E-state index contributed by atoms with van der Waals surface area (Å²) in [5.74, 6) is -0.0560. The molecule has 0 N–H and O–H groups in total. The normalized spacial score (nSPS) is 10.9. The Hall–Kier alpha value is -1.94. The average molecular weight is 288 g/mol. The Balaban J connectivity index is 2.00. The van der Waals surface area contributed by atoms with Gasteiger partial charge in [0.1, 0.15) is 6.61 Å². The van der Waals surface area contributed by atoms with Crippen molar-refractivity contribution >= 4 is 0 Å². The molecule has 0 unspecified atom stereocenters. The Morgan fingerprint density at radius 3 is 2.57 bits per heavy atom. The van der Waals surface area contributed by atoms with Gasteiger partial charge in [-0.15, -0.1) is 0 Å². The van der Waals surface area contributed by atoms with E-state index in [-0.39, 0.29) is 5.82 Å². The van der Waals surface area contributed by atoms with E-state index in [2.05, 4.69) is 23.7 Å². The van der Waals surface area contributed by atoms with Crippen LogP contribution in [0.4, 0.5) is 4.39 Å². The topological polar surface area (TPSA) is 25.4 Å². The van der Waals surface area contributed by atoms with E-state index in [1.165, 1.54) is 6.07 Å². The molecule has 0 aliphatic heterocycles. The van der Waals surface area contributed by atoms with E-state index in [9.17, 15) is 4.39 Å². The summed E-state index contributed by atoms with van der Waals surface area (Å²) in [6.07, 6.45) is 1.70.